The molecule has 0 amide bonds. The Hall–Kier alpha value is -2.46. The van der Waals surface area contributed by atoms with Crippen LogP contribution in [0.2, 0.25) is 0 Å². The number of nitrogens with zero attached hydrogens (tertiary/aromatic N) is 1. The number of hydrogen-bond donors (Lipinski definition) is 1. The minimum Gasteiger partial charge on any atom is -0.406 e. The van der Waals surface area contributed by atoms with Crippen molar-refractivity contribution in [1.82, 2.24) is 10.2 Å². The number of piperidine rings is 1. The summed E-state index contributed by atoms with van der Waals surface area (Å²) in [7, 11) is 0. The molecule has 1 aliphatic carbocycles. The second kappa shape index (κ2) is 8.82. The van der Waals surface area contributed by atoms with Gasteiger partial charge in [0.1, 0.15) is 11.5 Å². The predicted octanol–water partition coefficient (Wildman–Crippen LogP) is 4.95. The van der Waals surface area contributed by atoms with Crippen molar-refractivity contribution in [3.8, 4) is 11.5 Å². The van der Waals surface area contributed by atoms with Crippen molar-refractivity contribution in [2.45, 2.75) is 25.8 Å². The molecule has 2 aliphatic rings. The fourth-order valence-corrected chi connectivity index (χ4v) is 4.50. The Labute approximate surface area is 181 Å². The van der Waals surface area contributed by atoms with Crippen LogP contribution in [0.4, 0.5) is 26.3 Å². The largest absolute Gasteiger partial charge is 0.573 e. The Bertz CT molecular complexity index is 921. The second-order valence-electron chi connectivity index (χ2n) is 8.17. The highest BCUT2D eigenvalue weighted by Gasteiger charge is 2.54. The van der Waals surface area contributed by atoms with Gasteiger partial charge in [-0.1, -0.05) is 30.3 Å². The number of likely N-dealkylation sites (tertiary alicyclic amines) is 1. The molecule has 0 bridgehead atoms. The summed E-state index contributed by atoms with van der Waals surface area (Å²) in [6.45, 7) is 3.15. The lowest BCUT2D eigenvalue weighted by atomic mass is 10.1. The van der Waals surface area contributed by atoms with E-state index in [1.165, 1.54) is 30.3 Å². The molecule has 4 nitrogen and oxygen atoms in total. The van der Waals surface area contributed by atoms with E-state index < -0.39 is 12.7 Å². The number of alkyl halides is 6. The lowest BCUT2D eigenvalue weighted by Crippen LogP contribution is -2.28. The van der Waals surface area contributed by atoms with Crippen LogP contribution in [0.5, 0.6) is 11.5 Å². The van der Waals surface area contributed by atoms with Crippen LogP contribution in [0.3, 0.4) is 0 Å². The van der Waals surface area contributed by atoms with E-state index in [2.05, 4.69) is 19.7 Å². The van der Waals surface area contributed by atoms with Gasteiger partial charge < -0.3 is 14.8 Å². The molecule has 2 unspecified atom stereocenters. The fourth-order valence-electron chi connectivity index (χ4n) is 4.50. The first-order valence-electron chi connectivity index (χ1n) is 10.2. The number of nitrogens with one attached hydrogen (secondary N) is 1. The molecule has 0 radical (unpaired) electrons. The second-order valence-corrected chi connectivity index (χ2v) is 8.17. The number of halogens is 6. The van der Waals surface area contributed by atoms with Gasteiger partial charge in [-0.05, 0) is 48.1 Å². The summed E-state index contributed by atoms with van der Waals surface area (Å²) in [5.74, 6) is 0.986. The Morgan fingerprint density at radius 1 is 0.875 bits per heavy atom. The smallest absolute Gasteiger partial charge is 0.406 e. The van der Waals surface area contributed by atoms with E-state index in [-0.39, 0.29) is 11.5 Å². The monoisotopic (exact) mass is 460 g/mol. The molecule has 2 aromatic rings. The van der Waals surface area contributed by atoms with Gasteiger partial charge in [0.2, 0.25) is 0 Å². The van der Waals surface area contributed by atoms with Crippen LogP contribution in [0.15, 0.2) is 48.5 Å². The van der Waals surface area contributed by atoms with Crippen molar-refractivity contribution in [2.75, 3.05) is 19.6 Å². The van der Waals surface area contributed by atoms with Crippen molar-refractivity contribution >= 4 is 0 Å². The molecule has 2 atom stereocenters. The highest BCUT2D eigenvalue weighted by atomic mass is 19.4. The predicted molar refractivity (Wildman–Crippen MR) is 104 cm³/mol. The maximum absolute atomic E-state index is 12.6. The third-order valence-corrected chi connectivity index (χ3v) is 5.88. The lowest BCUT2D eigenvalue weighted by molar-refractivity contribution is -0.275. The summed E-state index contributed by atoms with van der Waals surface area (Å²) in [6.07, 6.45) is -9.44. The van der Waals surface area contributed by atoms with Gasteiger partial charge in [-0.3, -0.25) is 4.90 Å². The van der Waals surface area contributed by atoms with E-state index in [0.29, 0.717) is 42.0 Å². The zero-order valence-electron chi connectivity index (χ0n) is 16.9. The van der Waals surface area contributed by atoms with Crippen molar-refractivity contribution in [3.05, 3.63) is 59.7 Å². The Morgan fingerprint density at radius 3 is 2.25 bits per heavy atom. The maximum Gasteiger partial charge on any atom is 0.573 e. The summed E-state index contributed by atoms with van der Waals surface area (Å²) < 4.78 is 82.8. The van der Waals surface area contributed by atoms with E-state index in [9.17, 15) is 26.3 Å². The molecule has 174 valence electrons. The van der Waals surface area contributed by atoms with E-state index in [0.717, 1.165) is 19.6 Å². The average Bonchev–Trinajstić information content (AvgIpc) is 3.12. The molecule has 0 spiro atoms. The summed E-state index contributed by atoms with van der Waals surface area (Å²) >= 11 is 0. The third kappa shape index (κ3) is 6.07. The normalized spacial score (nSPS) is 23.1. The number of para-hydroxylation sites is 1. The molecule has 32 heavy (non-hydrogen) atoms. The van der Waals surface area contributed by atoms with Crippen LogP contribution < -0.4 is 14.8 Å². The summed E-state index contributed by atoms with van der Waals surface area (Å²) in [6, 6.07) is 12.0. The summed E-state index contributed by atoms with van der Waals surface area (Å²) in [4.78, 5) is 2.13. The molecule has 2 aromatic carbocycles. The van der Waals surface area contributed by atoms with Gasteiger partial charge in [-0.15, -0.1) is 26.3 Å². The molecule has 4 rings (SSSR count). The summed E-state index contributed by atoms with van der Waals surface area (Å²) in [5.41, 5.74) is 1.20. The molecular weight excluding hydrogens is 438 g/mol. The van der Waals surface area contributed by atoms with E-state index in [1.54, 1.807) is 18.2 Å². The zero-order chi connectivity index (χ0) is 22.9. The third-order valence-electron chi connectivity index (χ3n) is 5.88. The number of hydrogen-bond acceptors (Lipinski definition) is 4. The molecule has 1 saturated carbocycles. The van der Waals surface area contributed by atoms with Crippen LogP contribution in [-0.2, 0) is 13.1 Å². The molecule has 1 heterocycles. The van der Waals surface area contributed by atoms with Crippen LogP contribution in [0.25, 0.3) is 0 Å². The first-order chi connectivity index (χ1) is 15.1. The zero-order valence-corrected chi connectivity index (χ0v) is 16.9. The van der Waals surface area contributed by atoms with E-state index in [4.69, 9.17) is 0 Å². The van der Waals surface area contributed by atoms with Gasteiger partial charge in [0, 0.05) is 31.7 Å². The standard InChI is InChI=1S/C22H22F6N2O2/c23-21(24,25)31-16-6-3-4-14(8-16)9-29-10-17-18-12-30(13-19(17)18)11-15-5-1-2-7-20(15)32-22(26,27)28/h1-8,17-19,29H,9-13H2. The van der Waals surface area contributed by atoms with E-state index >= 15 is 0 Å². The Balaban J connectivity index is 1.21. The first kappa shape index (κ1) is 22.7. The molecule has 1 aliphatic heterocycles. The SMILES string of the molecule is FC(F)(F)Oc1cccc(CNCC2C3CN(Cc4ccccc4OC(F)(F)F)CC23)c1. The average molecular weight is 460 g/mol. The van der Waals surface area contributed by atoms with Crippen LogP contribution in [0, 0.1) is 17.8 Å². The van der Waals surface area contributed by atoms with Gasteiger partial charge in [0.05, 0.1) is 0 Å². The first-order valence-corrected chi connectivity index (χ1v) is 10.2. The topological polar surface area (TPSA) is 33.7 Å². The van der Waals surface area contributed by atoms with Gasteiger partial charge >= 0.3 is 12.7 Å². The molecule has 1 saturated heterocycles. The van der Waals surface area contributed by atoms with Crippen LogP contribution in [-0.4, -0.2) is 37.3 Å². The van der Waals surface area contributed by atoms with Crippen molar-refractivity contribution in [3.63, 3.8) is 0 Å². The Morgan fingerprint density at radius 2 is 1.56 bits per heavy atom. The number of ether oxygens (including phenoxy) is 2. The van der Waals surface area contributed by atoms with E-state index in [1.807, 2.05) is 0 Å². The summed E-state index contributed by atoms with van der Waals surface area (Å²) in [5, 5.41) is 3.28. The molecule has 2 fully saturated rings. The van der Waals surface area contributed by atoms with Crippen molar-refractivity contribution < 1.29 is 35.8 Å². The highest BCUT2D eigenvalue weighted by molar-refractivity contribution is 5.33. The van der Waals surface area contributed by atoms with Gasteiger partial charge in [0.15, 0.2) is 0 Å². The van der Waals surface area contributed by atoms with Crippen LogP contribution >= 0.6 is 0 Å². The minimum atomic E-state index is -4.72. The lowest BCUT2D eigenvalue weighted by Gasteiger charge is -2.21. The Kier molecular flexibility index (Phi) is 6.26. The number of rotatable bonds is 8. The highest BCUT2D eigenvalue weighted by Crippen LogP contribution is 2.51. The van der Waals surface area contributed by atoms with Crippen molar-refractivity contribution in [1.29, 1.82) is 0 Å². The molecule has 1 N–H and O–H groups in total. The number of benzene rings is 2. The molecular formula is C22H22F6N2O2. The van der Waals surface area contributed by atoms with Crippen molar-refractivity contribution in [2.24, 2.45) is 17.8 Å². The van der Waals surface area contributed by atoms with Gasteiger partial charge in [0.25, 0.3) is 0 Å². The molecule has 10 heteroatoms. The van der Waals surface area contributed by atoms with Gasteiger partial charge in [-0.25, -0.2) is 0 Å². The quantitative estimate of drug-likeness (QED) is 0.566. The van der Waals surface area contributed by atoms with Gasteiger partial charge in [-0.2, -0.15) is 0 Å². The minimum absolute atomic E-state index is 0.171. The van der Waals surface area contributed by atoms with Crippen LogP contribution in [0.1, 0.15) is 11.1 Å². The molecule has 0 aromatic heterocycles. The fraction of sp³-hybridized carbons (Fsp3) is 0.455. The maximum atomic E-state index is 12.6. The number of fused-ring (bicyclic) bond motifs is 1.